The topological polar surface area (TPSA) is 83.8 Å². The molecule has 18 heavy (non-hydrogen) atoms. The molecule has 0 radical (unpaired) electrons. The highest BCUT2D eigenvalue weighted by Crippen LogP contribution is 2.25. The van der Waals surface area contributed by atoms with Gasteiger partial charge < -0.3 is 10.3 Å². The molecule has 2 N–H and O–H groups in total. The maximum Gasteiger partial charge on any atom is 0.274 e. The van der Waals surface area contributed by atoms with Gasteiger partial charge in [-0.05, 0) is 19.9 Å². The molecule has 0 aliphatic rings. The van der Waals surface area contributed by atoms with Gasteiger partial charge in [-0.3, -0.25) is 10.1 Å². The maximum atomic E-state index is 10.8. The molecule has 6 heteroatoms. The number of nitrogens with zero attached hydrogens (tertiary/aromatic N) is 2. The summed E-state index contributed by atoms with van der Waals surface area (Å²) in [4.78, 5) is 17.6. The fourth-order valence-electron chi connectivity index (χ4n) is 1.76. The van der Waals surface area contributed by atoms with Gasteiger partial charge in [0.2, 0.25) is 0 Å². The fourth-order valence-corrected chi connectivity index (χ4v) is 1.76. The summed E-state index contributed by atoms with van der Waals surface area (Å²) in [6, 6.07) is 5.00. The Kier molecular flexibility index (Phi) is 3.27. The number of anilines is 1. The molecular formula is C12H14N4O2. The van der Waals surface area contributed by atoms with Crippen LogP contribution in [-0.2, 0) is 6.54 Å². The number of H-pyrrole nitrogens is 1. The average molecular weight is 246 g/mol. The third kappa shape index (κ3) is 2.32. The van der Waals surface area contributed by atoms with Crippen LogP contribution in [0.15, 0.2) is 24.5 Å². The second-order valence-electron chi connectivity index (χ2n) is 4.03. The molecule has 1 aromatic carbocycles. The van der Waals surface area contributed by atoms with E-state index < -0.39 is 0 Å². The fraction of sp³-hybridized carbons (Fsp3) is 0.250. The molecule has 1 aromatic heterocycles. The van der Waals surface area contributed by atoms with E-state index in [1.165, 1.54) is 6.07 Å². The summed E-state index contributed by atoms with van der Waals surface area (Å²) < 4.78 is 0. The van der Waals surface area contributed by atoms with E-state index in [4.69, 9.17) is 0 Å². The van der Waals surface area contributed by atoms with Crippen molar-refractivity contribution in [3.8, 4) is 0 Å². The zero-order valence-electron chi connectivity index (χ0n) is 10.2. The third-order valence-corrected chi connectivity index (χ3v) is 2.88. The summed E-state index contributed by atoms with van der Waals surface area (Å²) >= 11 is 0. The predicted molar refractivity (Wildman–Crippen MR) is 68.5 cm³/mol. The van der Waals surface area contributed by atoms with E-state index >= 15 is 0 Å². The Balaban J connectivity index is 2.17. The molecule has 1 heterocycles. The standard InChI is InChI=1S/C12H14N4O2/c1-8-10(4-3-5-12(8)16(17)18)13-6-11-9(2)14-7-15-11/h3-5,7,13H,6H2,1-2H3,(H,14,15). The zero-order valence-corrected chi connectivity index (χ0v) is 10.2. The molecule has 0 amide bonds. The summed E-state index contributed by atoms with van der Waals surface area (Å²) in [5, 5.41) is 14.0. The van der Waals surface area contributed by atoms with Crippen molar-refractivity contribution in [3.63, 3.8) is 0 Å². The molecule has 0 saturated heterocycles. The summed E-state index contributed by atoms with van der Waals surface area (Å²) in [7, 11) is 0. The van der Waals surface area contributed by atoms with Crippen LogP contribution in [0.4, 0.5) is 11.4 Å². The van der Waals surface area contributed by atoms with Crippen molar-refractivity contribution in [1.29, 1.82) is 0 Å². The van der Waals surface area contributed by atoms with Crippen LogP contribution in [0.5, 0.6) is 0 Å². The minimum absolute atomic E-state index is 0.124. The lowest BCUT2D eigenvalue weighted by Gasteiger charge is -2.08. The molecule has 2 rings (SSSR count). The van der Waals surface area contributed by atoms with Crippen molar-refractivity contribution in [2.24, 2.45) is 0 Å². The monoisotopic (exact) mass is 246 g/mol. The molecule has 0 saturated carbocycles. The average Bonchev–Trinajstić information content (AvgIpc) is 2.73. The number of nitrogens with one attached hydrogen (secondary N) is 2. The van der Waals surface area contributed by atoms with Crippen LogP contribution in [0.25, 0.3) is 0 Å². The molecular weight excluding hydrogens is 232 g/mol. The Morgan fingerprint density at radius 3 is 2.83 bits per heavy atom. The summed E-state index contributed by atoms with van der Waals surface area (Å²) in [6.45, 7) is 4.21. The molecule has 2 aromatic rings. The van der Waals surface area contributed by atoms with Crippen LogP contribution in [0.3, 0.4) is 0 Å². The van der Waals surface area contributed by atoms with E-state index in [0.717, 1.165) is 17.1 Å². The first-order chi connectivity index (χ1) is 8.59. The number of aromatic nitrogens is 2. The Bertz CT molecular complexity index is 577. The van der Waals surface area contributed by atoms with Gasteiger partial charge in [0.25, 0.3) is 5.69 Å². The molecule has 0 spiro atoms. The van der Waals surface area contributed by atoms with Gasteiger partial charge in [-0.2, -0.15) is 0 Å². The lowest BCUT2D eigenvalue weighted by Crippen LogP contribution is -2.04. The number of hydrogen-bond donors (Lipinski definition) is 2. The Morgan fingerprint density at radius 2 is 2.22 bits per heavy atom. The van der Waals surface area contributed by atoms with Crippen molar-refractivity contribution in [3.05, 3.63) is 51.6 Å². The van der Waals surface area contributed by atoms with Crippen molar-refractivity contribution in [1.82, 2.24) is 9.97 Å². The van der Waals surface area contributed by atoms with Gasteiger partial charge in [-0.1, -0.05) is 6.07 Å². The summed E-state index contributed by atoms with van der Waals surface area (Å²) in [5.74, 6) is 0. The Labute approximate surface area is 104 Å². The minimum atomic E-state index is -0.375. The summed E-state index contributed by atoms with van der Waals surface area (Å²) in [6.07, 6.45) is 1.63. The number of benzene rings is 1. The van der Waals surface area contributed by atoms with Gasteiger partial charge >= 0.3 is 0 Å². The lowest BCUT2D eigenvalue weighted by molar-refractivity contribution is -0.385. The molecule has 94 valence electrons. The number of imidazole rings is 1. The van der Waals surface area contributed by atoms with Crippen molar-refractivity contribution < 1.29 is 4.92 Å². The molecule has 6 nitrogen and oxygen atoms in total. The Hall–Kier alpha value is -2.37. The highest BCUT2D eigenvalue weighted by molar-refractivity contribution is 5.59. The number of nitro benzene ring substituents is 1. The highest BCUT2D eigenvalue weighted by Gasteiger charge is 2.13. The smallest absolute Gasteiger partial charge is 0.274 e. The lowest BCUT2D eigenvalue weighted by atomic mass is 10.1. The Morgan fingerprint density at radius 1 is 1.44 bits per heavy atom. The zero-order chi connectivity index (χ0) is 13.1. The molecule has 0 unspecified atom stereocenters. The van der Waals surface area contributed by atoms with Crippen LogP contribution >= 0.6 is 0 Å². The van der Waals surface area contributed by atoms with Gasteiger partial charge in [-0.15, -0.1) is 0 Å². The van der Waals surface area contributed by atoms with Gasteiger partial charge in [0.05, 0.1) is 23.5 Å². The number of aryl methyl sites for hydroxylation is 1. The van der Waals surface area contributed by atoms with Gasteiger partial charge in [0, 0.05) is 23.0 Å². The number of hydrogen-bond acceptors (Lipinski definition) is 4. The van der Waals surface area contributed by atoms with Crippen LogP contribution < -0.4 is 5.32 Å². The molecule has 0 bridgehead atoms. The van der Waals surface area contributed by atoms with Crippen molar-refractivity contribution in [2.45, 2.75) is 20.4 Å². The molecule has 0 atom stereocenters. The van der Waals surface area contributed by atoms with E-state index in [2.05, 4.69) is 15.3 Å². The van der Waals surface area contributed by atoms with E-state index in [0.29, 0.717) is 12.1 Å². The van der Waals surface area contributed by atoms with E-state index in [1.54, 1.807) is 19.3 Å². The van der Waals surface area contributed by atoms with Crippen LogP contribution in [-0.4, -0.2) is 14.9 Å². The van der Waals surface area contributed by atoms with E-state index in [1.807, 2.05) is 13.0 Å². The summed E-state index contributed by atoms with van der Waals surface area (Å²) in [5.41, 5.74) is 3.41. The van der Waals surface area contributed by atoms with Gasteiger partial charge in [-0.25, -0.2) is 4.98 Å². The largest absolute Gasteiger partial charge is 0.379 e. The quantitative estimate of drug-likeness (QED) is 0.641. The van der Waals surface area contributed by atoms with E-state index in [-0.39, 0.29) is 10.6 Å². The first-order valence-corrected chi connectivity index (χ1v) is 5.56. The second-order valence-corrected chi connectivity index (χ2v) is 4.03. The maximum absolute atomic E-state index is 10.8. The van der Waals surface area contributed by atoms with Gasteiger partial charge in [0.15, 0.2) is 0 Å². The van der Waals surface area contributed by atoms with Crippen LogP contribution in [0.1, 0.15) is 17.0 Å². The highest BCUT2D eigenvalue weighted by atomic mass is 16.6. The number of aromatic amines is 1. The van der Waals surface area contributed by atoms with Crippen molar-refractivity contribution >= 4 is 11.4 Å². The van der Waals surface area contributed by atoms with Gasteiger partial charge in [0.1, 0.15) is 0 Å². The third-order valence-electron chi connectivity index (χ3n) is 2.88. The number of nitro groups is 1. The predicted octanol–water partition coefficient (Wildman–Crippen LogP) is 2.55. The van der Waals surface area contributed by atoms with Crippen molar-refractivity contribution in [2.75, 3.05) is 5.32 Å². The minimum Gasteiger partial charge on any atom is -0.379 e. The van der Waals surface area contributed by atoms with E-state index in [9.17, 15) is 10.1 Å². The SMILES string of the molecule is Cc1[nH]cnc1CNc1cccc([N+](=O)[O-])c1C. The molecule has 0 fully saturated rings. The first-order valence-electron chi connectivity index (χ1n) is 5.56. The number of rotatable bonds is 4. The van der Waals surface area contributed by atoms with Crippen LogP contribution in [0, 0.1) is 24.0 Å². The molecule has 0 aliphatic heterocycles. The molecule has 0 aliphatic carbocycles. The van der Waals surface area contributed by atoms with Crippen LogP contribution in [0.2, 0.25) is 0 Å². The first kappa shape index (κ1) is 12.1. The second kappa shape index (κ2) is 4.87. The normalized spacial score (nSPS) is 10.3.